The van der Waals surface area contributed by atoms with Crippen LogP contribution < -0.4 is 0 Å². The van der Waals surface area contributed by atoms with Gasteiger partial charge in [0.2, 0.25) is 0 Å². The summed E-state index contributed by atoms with van der Waals surface area (Å²) in [6.45, 7) is 13.1. The molecule has 0 aromatic heterocycles. The van der Waals surface area contributed by atoms with Gasteiger partial charge in [-0.05, 0) is 36.0 Å². The molecule has 0 N–H and O–H groups in total. The average molecular weight is 206 g/mol. The van der Waals surface area contributed by atoms with E-state index in [0.717, 1.165) is 6.42 Å². The van der Waals surface area contributed by atoms with Crippen molar-refractivity contribution in [2.75, 3.05) is 0 Å². The van der Waals surface area contributed by atoms with Crippen molar-refractivity contribution < 1.29 is 0 Å². The Kier molecular flexibility index (Phi) is 7.11. The fourth-order valence-electron chi connectivity index (χ4n) is 1.43. The summed E-state index contributed by atoms with van der Waals surface area (Å²) >= 11 is 0. The van der Waals surface area contributed by atoms with E-state index in [1.165, 1.54) is 23.1 Å². The molecule has 86 valence electrons. The van der Waals surface area contributed by atoms with Crippen LogP contribution in [0.5, 0.6) is 0 Å². The lowest BCUT2D eigenvalue weighted by atomic mass is 9.97. The number of benzene rings is 1. The van der Waals surface area contributed by atoms with E-state index >= 15 is 0 Å². The Morgan fingerprint density at radius 2 is 1.60 bits per heavy atom. The minimum absolute atomic E-state index is 0.649. The van der Waals surface area contributed by atoms with E-state index < -0.39 is 0 Å². The smallest absolute Gasteiger partial charge is 0.0219 e. The summed E-state index contributed by atoms with van der Waals surface area (Å²) in [7, 11) is 0. The van der Waals surface area contributed by atoms with E-state index in [1.54, 1.807) is 0 Å². The molecule has 0 radical (unpaired) electrons. The molecule has 0 atom stereocenters. The molecule has 0 nitrogen and oxygen atoms in total. The third-order valence-corrected chi connectivity index (χ3v) is 2.42. The molecule has 1 rings (SSSR count). The third-order valence-electron chi connectivity index (χ3n) is 2.42. The van der Waals surface area contributed by atoms with Crippen LogP contribution in [-0.4, -0.2) is 0 Å². The minimum Gasteiger partial charge on any atom is -0.0656 e. The predicted octanol–water partition coefficient (Wildman–Crippen LogP) is 5.10. The van der Waals surface area contributed by atoms with Crippen molar-refractivity contribution in [3.8, 4) is 0 Å². The van der Waals surface area contributed by atoms with Gasteiger partial charge in [-0.2, -0.15) is 0 Å². The van der Waals surface area contributed by atoms with Crippen LogP contribution in [0.25, 0.3) is 0 Å². The van der Waals surface area contributed by atoms with Crippen molar-refractivity contribution >= 4 is 0 Å². The number of hydrogen-bond acceptors (Lipinski definition) is 0. The summed E-state index contributed by atoms with van der Waals surface area (Å²) in [6.07, 6.45) is 2.40. The van der Waals surface area contributed by atoms with E-state index in [2.05, 4.69) is 59.7 Å². The average Bonchev–Trinajstić information content (AvgIpc) is 2.19. The molecule has 0 unspecified atom stereocenters. The third kappa shape index (κ3) is 5.01. The lowest BCUT2D eigenvalue weighted by Gasteiger charge is -2.09. The van der Waals surface area contributed by atoms with Crippen LogP contribution in [0.2, 0.25) is 0 Å². The molecular weight excluding hydrogens is 180 g/mol. The molecule has 0 saturated heterocycles. The maximum absolute atomic E-state index is 2.33. The standard InChI is InChI=1S/C12H18.C3H8/c1-5-11-8-12(9(2)3)7-6-10(11)4;1-3-2/h6-9H,5H2,1-4H3;3H2,1-2H3. The van der Waals surface area contributed by atoms with E-state index in [4.69, 9.17) is 0 Å². The molecule has 0 heteroatoms. The predicted molar refractivity (Wildman–Crippen MR) is 70.6 cm³/mol. The molecule has 0 amide bonds. The number of aryl methyl sites for hydroxylation is 2. The highest BCUT2D eigenvalue weighted by Gasteiger charge is 2.01. The second-order valence-corrected chi connectivity index (χ2v) is 4.40. The van der Waals surface area contributed by atoms with Gasteiger partial charge in [0.05, 0.1) is 0 Å². The second-order valence-electron chi connectivity index (χ2n) is 4.40. The van der Waals surface area contributed by atoms with Crippen LogP contribution in [0.3, 0.4) is 0 Å². The van der Waals surface area contributed by atoms with Crippen molar-refractivity contribution in [2.24, 2.45) is 0 Å². The number of hydrogen-bond donors (Lipinski definition) is 0. The van der Waals surface area contributed by atoms with Crippen LogP contribution in [0.4, 0.5) is 0 Å². The zero-order valence-corrected chi connectivity index (χ0v) is 11.2. The van der Waals surface area contributed by atoms with Gasteiger partial charge < -0.3 is 0 Å². The molecule has 0 fully saturated rings. The molecular formula is C15H26. The van der Waals surface area contributed by atoms with Crippen LogP contribution in [0, 0.1) is 6.92 Å². The monoisotopic (exact) mass is 206 g/mol. The van der Waals surface area contributed by atoms with Crippen LogP contribution >= 0.6 is 0 Å². The first-order valence-electron chi connectivity index (χ1n) is 6.16. The Morgan fingerprint density at radius 3 is 2.00 bits per heavy atom. The van der Waals surface area contributed by atoms with Crippen molar-refractivity contribution in [2.45, 2.75) is 60.3 Å². The maximum Gasteiger partial charge on any atom is -0.0219 e. The van der Waals surface area contributed by atoms with Crippen molar-refractivity contribution in [3.05, 3.63) is 34.9 Å². The molecule has 1 aromatic rings. The summed E-state index contributed by atoms with van der Waals surface area (Å²) in [5.74, 6) is 0.649. The summed E-state index contributed by atoms with van der Waals surface area (Å²) in [5.41, 5.74) is 4.36. The Bertz CT molecular complexity index is 271. The topological polar surface area (TPSA) is 0 Å². The highest BCUT2D eigenvalue weighted by atomic mass is 14.1. The van der Waals surface area contributed by atoms with E-state index in [1.807, 2.05) is 0 Å². The largest absolute Gasteiger partial charge is 0.0656 e. The van der Waals surface area contributed by atoms with Gasteiger partial charge in [0.15, 0.2) is 0 Å². The Balaban J connectivity index is 0.000000583. The van der Waals surface area contributed by atoms with E-state index in [9.17, 15) is 0 Å². The number of rotatable bonds is 2. The summed E-state index contributed by atoms with van der Waals surface area (Å²) in [4.78, 5) is 0. The Hall–Kier alpha value is -0.780. The second kappa shape index (κ2) is 7.50. The Labute approximate surface area is 95.7 Å². The molecule has 0 aliphatic rings. The molecule has 0 aliphatic carbocycles. The molecule has 15 heavy (non-hydrogen) atoms. The van der Waals surface area contributed by atoms with Gasteiger partial charge in [0.25, 0.3) is 0 Å². The lowest BCUT2D eigenvalue weighted by Crippen LogP contribution is -1.92. The van der Waals surface area contributed by atoms with E-state index in [0.29, 0.717) is 5.92 Å². The van der Waals surface area contributed by atoms with Crippen molar-refractivity contribution in [1.82, 2.24) is 0 Å². The molecule has 0 saturated carbocycles. The van der Waals surface area contributed by atoms with Gasteiger partial charge in [-0.25, -0.2) is 0 Å². The quantitative estimate of drug-likeness (QED) is 0.631. The van der Waals surface area contributed by atoms with Crippen LogP contribution in [0.1, 0.15) is 63.6 Å². The van der Waals surface area contributed by atoms with Gasteiger partial charge in [-0.15, -0.1) is 0 Å². The molecule has 0 heterocycles. The first-order valence-corrected chi connectivity index (χ1v) is 6.16. The summed E-state index contributed by atoms with van der Waals surface area (Å²) < 4.78 is 0. The zero-order valence-electron chi connectivity index (χ0n) is 11.2. The summed E-state index contributed by atoms with van der Waals surface area (Å²) in [5, 5.41) is 0. The normalized spacial score (nSPS) is 9.80. The van der Waals surface area contributed by atoms with Gasteiger partial charge in [-0.3, -0.25) is 0 Å². The minimum atomic E-state index is 0.649. The SMILES string of the molecule is CCC.CCc1cc(C(C)C)ccc1C. The molecule has 0 bridgehead atoms. The molecule has 0 spiro atoms. The Morgan fingerprint density at radius 1 is 1.07 bits per heavy atom. The summed E-state index contributed by atoms with van der Waals surface area (Å²) in [6, 6.07) is 6.80. The maximum atomic E-state index is 2.33. The fourth-order valence-corrected chi connectivity index (χ4v) is 1.43. The van der Waals surface area contributed by atoms with Crippen LogP contribution in [0.15, 0.2) is 18.2 Å². The van der Waals surface area contributed by atoms with Crippen LogP contribution in [-0.2, 0) is 6.42 Å². The van der Waals surface area contributed by atoms with Crippen molar-refractivity contribution in [3.63, 3.8) is 0 Å². The first-order chi connectivity index (χ1) is 7.06. The highest BCUT2D eigenvalue weighted by Crippen LogP contribution is 2.18. The van der Waals surface area contributed by atoms with Gasteiger partial charge in [0.1, 0.15) is 0 Å². The lowest BCUT2D eigenvalue weighted by molar-refractivity contribution is 0.861. The van der Waals surface area contributed by atoms with Gasteiger partial charge >= 0.3 is 0 Å². The molecule has 0 aliphatic heterocycles. The zero-order chi connectivity index (χ0) is 11.8. The highest BCUT2D eigenvalue weighted by molar-refractivity contribution is 5.32. The van der Waals surface area contributed by atoms with E-state index in [-0.39, 0.29) is 0 Å². The van der Waals surface area contributed by atoms with Crippen molar-refractivity contribution in [1.29, 1.82) is 0 Å². The molecule has 1 aromatic carbocycles. The van der Waals surface area contributed by atoms with Gasteiger partial charge in [0, 0.05) is 0 Å². The fraction of sp³-hybridized carbons (Fsp3) is 0.600. The first kappa shape index (κ1) is 14.2. The van der Waals surface area contributed by atoms with Gasteiger partial charge in [-0.1, -0.05) is 59.2 Å².